The predicted molar refractivity (Wildman–Crippen MR) is 77.2 cm³/mol. The van der Waals surface area contributed by atoms with Gasteiger partial charge in [0.05, 0.1) is 17.2 Å². The Kier molecular flexibility index (Phi) is 4.25. The number of nitrogens with zero attached hydrogens (tertiary/aromatic N) is 1. The highest BCUT2D eigenvalue weighted by Gasteiger charge is 2.16. The van der Waals surface area contributed by atoms with Gasteiger partial charge in [-0.3, -0.25) is 0 Å². The Hall–Kier alpha value is -1.66. The Morgan fingerprint density at radius 2 is 2.20 bits per heavy atom. The molecule has 2 N–H and O–H groups in total. The quantitative estimate of drug-likeness (QED) is 0.885. The van der Waals surface area contributed by atoms with Gasteiger partial charge in [0.2, 0.25) is 5.76 Å². The molecule has 1 atom stereocenters. The van der Waals surface area contributed by atoms with E-state index in [9.17, 15) is 4.79 Å². The molecule has 20 heavy (non-hydrogen) atoms. The van der Waals surface area contributed by atoms with E-state index in [4.69, 9.17) is 9.52 Å². The van der Waals surface area contributed by atoms with Crippen molar-refractivity contribution in [3.05, 3.63) is 38.7 Å². The molecule has 0 saturated heterocycles. The van der Waals surface area contributed by atoms with Gasteiger partial charge >= 0.3 is 5.97 Å². The third kappa shape index (κ3) is 3.08. The molecular weight excluding hydrogens is 276 g/mol. The normalized spacial score (nSPS) is 12.6. The smallest absolute Gasteiger partial charge is 0.372 e. The zero-order valence-electron chi connectivity index (χ0n) is 12.0. The lowest BCUT2D eigenvalue weighted by Gasteiger charge is -2.11. The Labute approximate surface area is 121 Å². The highest BCUT2D eigenvalue weighted by atomic mass is 32.1. The lowest BCUT2D eigenvalue weighted by atomic mass is 10.2. The van der Waals surface area contributed by atoms with Gasteiger partial charge in [-0.15, -0.1) is 11.3 Å². The van der Waals surface area contributed by atoms with Crippen LogP contribution in [0.4, 0.5) is 0 Å². The largest absolute Gasteiger partial charge is 0.475 e. The summed E-state index contributed by atoms with van der Waals surface area (Å²) in [5.41, 5.74) is 1.68. The van der Waals surface area contributed by atoms with E-state index in [2.05, 4.69) is 17.2 Å². The first kappa shape index (κ1) is 14.7. The molecule has 2 heterocycles. The van der Waals surface area contributed by atoms with Gasteiger partial charge in [-0.05, 0) is 33.8 Å². The van der Waals surface area contributed by atoms with Crippen LogP contribution in [0.3, 0.4) is 0 Å². The van der Waals surface area contributed by atoms with Gasteiger partial charge in [-0.1, -0.05) is 0 Å². The second-order valence-corrected chi connectivity index (χ2v) is 6.05. The SMILES string of the molecule is Cc1nc(C)c(C(C)NCc2cc(C)c(C(=O)O)o2)s1. The number of rotatable bonds is 5. The van der Waals surface area contributed by atoms with Crippen molar-refractivity contribution in [2.75, 3.05) is 0 Å². The molecule has 0 bridgehead atoms. The van der Waals surface area contributed by atoms with Crippen molar-refractivity contribution in [3.63, 3.8) is 0 Å². The van der Waals surface area contributed by atoms with Crippen molar-refractivity contribution in [3.8, 4) is 0 Å². The van der Waals surface area contributed by atoms with E-state index >= 15 is 0 Å². The number of hydrogen-bond acceptors (Lipinski definition) is 5. The van der Waals surface area contributed by atoms with E-state index in [1.165, 1.54) is 4.88 Å². The van der Waals surface area contributed by atoms with Crippen LogP contribution in [0.25, 0.3) is 0 Å². The average Bonchev–Trinajstić information content (AvgIpc) is 2.89. The fraction of sp³-hybridized carbons (Fsp3) is 0.429. The molecule has 0 amide bonds. The molecule has 5 nitrogen and oxygen atoms in total. The monoisotopic (exact) mass is 294 g/mol. The van der Waals surface area contributed by atoms with Crippen molar-refractivity contribution in [1.29, 1.82) is 0 Å². The predicted octanol–water partition coefficient (Wildman–Crippen LogP) is 3.21. The maximum atomic E-state index is 10.9. The van der Waals surface area contributed by atoms with Crippen LogP contribution < -0.4 is 5.32 Å². The summed E-state index contributed by atoms with van der Waals surface area (Å²) in [6.45, 7) is 8.27. The number of nitrogens with one attached hydrogen (secondary N) is 1. The Bertz CT molecular complexity index is 630. The number of thiazole rings is 1. The van der Waals surface area contributed by atoms with Crippen molar-refractivity contribution in [1.82, 2.24) is 10.3 Å². The fourth-order valence-electron chi connectivity index (χ4n) is 2.14. The third-order valence-corrected chi connectivity index (χ3v) is 4.33. The lowest BCUT2D eigenvalue weighted by Crippen LogP contribution is -2.17. The molecule has 0 aliphatic heterocycles. The minimum absolute atomic E-state index is 0.0132. The van der Waals surface area contributed by atoms with E-state index in [0.29, 0.717) is 17.9 Å². The molecule has 0 saturated carbocycles. The number of carbonyl (C=O) groups is 1. The van der Waals surface area contributed by atoms with Crippen LogP contribution in [0.2, 0.25) is 0 Å². The van der Waals surface area contributed by atoms with Gasteiger partial charge < -0.3 is 14.8 Å². The molecule has 0 aliphatic rings. The van der Waals surface area contributed by atoms with Crippen molar-refractivity contribution in [2.24, 2.45) is 0 Å². The van der Waals surface area contributed by atoms with Crippen molar-refractivity contribution < 1.29 is 14.3 Å². The van der Waals surface area contributed by atoms with Gasteiger partial charge in [0.1, 0.15) is 5.76 Å². The number of carboxylic acid groups (broad SMARTS) is 1. The van der Waals surface area contributed by atoms with Crippen LogP contribution >= 0.6 is 11.3 Å². The van der Waals surface area contributed by atoms with Crippen LogP contribution in [-0.2, 0) is 6.54 Å². The van der Waals surface area contributed by atoms with Gasteiger partial charge in [0, 0.05) is 16.5 Å². The van der Waals surface area contributed by atoms with Gasteiger partial charge in [0.15, 0.2) is 0 Å². The summed E-state index contributed by atoms with van der Waals surface area (Å²) in [5.74, 6) is -0.388. The minimum atomic E-state index is -1.03. The highest BCUT2D eigenvalue weighted by Crippen LogP contribution is 2.25. The van der Waals surface area contributed by atoms with E-state index in [1.54, 1.807) is 24.3 Å². The molecular formula is C14H18N2O3S. The maximum absolute atomic E-state index is 10.9. The molecule has 0 fully saturated rings. The third-order valence-electron chi connectivity index (χ3n) is 3.08. The molecule has 0 spiro atoms. The van der Waals surface area contributed by atoms with Gasteiger partial charge in [-0.2, -0.15) is 0 Å². The number of hydrogen-bond donors (Lipinski definition) is 2. The molecule has 0 radical (unpaired) electrons. The molecule has 2 aromatic heterocycles. The van der Waals surface area contributed by atoms with E-state index < -0.39 is 5.97 Å². The van der Waals surface area contributed by atoms with Crippen LogP contribution in [0.15, 0.2) is 10.5 Å². The molecule has 0 aliphatic carbocycles. The summed E-state index contributed by atoms with van der Waals surface area (Å²) >= 11 is 1.67. The molecule has 2 rings (SSSR count). The second kappa shape index (κ2) is 5.76. The first-order valence-corrected chi connectivity index (χ1v) is 7.20. The molecule has 108 valence electrons. The molecule has 0 aromatic carbocycles. The van der Waals surface area contributed by atoms with Crippen LogP contribution in [0.5, 0.6) is 0 Å². The van der Waals surface area contributed by atoms with Gasteiger partial charge in [-0.25, -0.2) is 9.78 Å². The zero-order chi connectivity index (χ0) is 14.9. The number of carboxylic acids is 1. The summed E-state index contributed by atoms with van der Waals surface area (Å²) in [5, 5.41) is 13.3. The topological polar surface area (TPSA) is 75.4 Å². The first-order chi connectivity index (χ1) is 9.38. The first-order valence-electron chi connectivity index (χ1n) is 6.38. The van der Waals surface area contributed by atoms with Crippen LogP contribution in [0, 0.1) is 20.8 Å². The summed E-state index contributed by atoms with van der Waals surface area (Å²) in [6.07, 6.45) is 0. The highest BCUT2D eigenvalue weighted by molar-refractivity contribution is 7.11. The van der Waals surface area contributed by atoms with Crippen LogP contribution in [-0.4, -0.2) is 16.1 Å². The molecule has 1 unspecified atom stereocenters. The number of furan rings is 1. The minimum Gasteiger partial charge on any atom is -0.475 e. The van der Waals surface area contributed by atoms with Crippen LogP contribution in [0.1, 0.15) is 50.4 Å². The summed E-state index contributed by atoms with van der Waals surface area (Å²) < 4.78 is 5.32. The number of aromatic carboxylic acids is 1. The number of aromatic nitrogens is 1. The molecule has 6 heteroatoms. The molecule has 2 aromatic rings. The maximum Gasteiger partial charge on any atom is 0.372 e. The fourth-order valence-corrected chi connectivity index (χ4v) is 3.10. The summed E-state index contributed by atoms with van der Waals surface area (Å²) in [6, 6.07) is 1.91. The Balaban J connectivity index is 2.03. The van der Waals surface area contributed by atoms with Crippen molar-refractivity contribution in [2.45, 2.75) is 40.3 Å². The van der Waals surface area contributed by atoms with E-state index in [1.807, 2.05) is 13.8 Å². The van der Waals surface area contributed by atoms with Crippen molar-refractivity contribution >= 4 is 17.3 Å². The Morgan fingerprint density at radius 1 is 1.50 bits per heavy atom. The zero-order valence-corrected chi connectivity index (χ0v) is 12.8. The second-order valence-electron chi connectivity index (χ2n) is 4.82. The standard InChI is InChI=1S/C14H18N2O3S/c1-7-5-11(19-12(7)14(17)18)6-15-8(2)13-9(3)16-10(4)20-13/h5,8,15H,6H2,1-4H3,(H,17,18). The Morgan fingerprint density at radius 3 is 2.70 bits per heavy atom. The van der Waals surface area contributed by atoms with E-state index in [-0.39, 0.29) is 11.8 Å². The average molecular weight is 294 g/mol. The number of aryl methyl sites for hydroxylation is 3. The lowest BCUT2D eigenvalue weighted by molar-refractivity contribution is 0.0659. The summed E-state index contributed by atoms with van der Waals surface area (Å²) in [4.78, 5) is 16.5. The van der Waals surface area contributed by atoms with Gasteiger partial charge in [0.25, 0.3) is 0 Å². The summed E-state index contributed by atoms with van der Waals surface area (Å²) in [7, 11) is 0. The van der Waals surface area contributed by atoms with E-state index in [0.717, 1.165) is 10.7 Å².